The molecule has 6 nitrogen and oxygen atoms in total. The molecule has 146 valence electrons. The average Bonchev–Trinajstić information content (AvgIpc) is 2.66. The van der Waals surface area contributed by atoms with Gasteiger partial charge in [0.05, 0.1) is 33.9 Å². The molecule has 1 aliphatic rings. The van der Waals surface area contributed by atoms with E-state index in [9.17, 15) is 13.2 Å². The Morgan fingerprint density at radius 2 is 2.00 bits per heavy atom. The van der Waals surface area contributed by atoms with Gasteiger partial charge in [-0.25, -0.2) is 13.4 Å². The Morgan fingerprint density at radius 3 is 2.79 bits per heavy atom. The van der Waals surface area contributed by atoms with Crippen molar-refractivity contribution in [3.63, 3.8) is 0 Å². The summed E-state index contributed by atoms with van der Waals surface area (Å²) in [5, 5.41) is 3.96. The number of aryl methyl sites for hydroxylation is 1. The Hall–Kier alpha value is -2.67. The van der Waals surface area contributed by atoms with Crippen LogP contribution in [0.5, 0.6) is 0 Å². The van der Waals surface area contributed by atoms with Crippen molar-refractivity contribution in [1.29, 1.82) is 0 Å². The lowest BCUT2D eigenvalue weighted by molar-refractivity contribution is 0.544. The smallest absolute Gasteiger partial charge is 0.260 e. The second-order valence-electron chi connectivity index (χ2n) is 7.59. The van der Waals surface area contributed by atoms with Crippen LogP contribution in [0.3, 0.4) is 0 Å². The fourth-order valence-electron chi connectivity index (χ4n) is 3.86. The van der Waals surface area contributed by atoms with Crippen molar-refractivity contribution in [3.05, 3.63) is 64.2 Å². The number of nitrogens with zero attached hydrogens (tertiary/aromatic N) is 1. The third-order valence-corrected chi connectivity index (χ3v) is 7.17. The number of aromatic amines is 1. The van der Waals surface area contributed by atoms with Crippen molar-refractivity contribution in [2.45, 2.75) is 37.6 Å². The minimum Gasteiger partial charge on any atom is -0.377 e. The number of fused-ring (bicyclic) bond motifs is 2. The van der Waals surface area contributed by atoms with E-state index in [-0.39, 0.29) is 23.3 Å². The molecular formula is C21H23N3O3S. The van der Waals surface area contributed by atoms with Crippen LogP contribution >= 0.6 is 0 Å². The molecule has 0 fully saturated rings. The molecule has 0 amide bonds. The fourth-order valence-corrected chi connectivity index (χ4v) is 5.49. The molecule has 0 spiro atoms. The summed E-state index contributed by atoms with van der Waals surface area (Å²) in [6.07, 6.45) is 2.86. The van der Waals surface area contributed by atoms with Gasteiger partial charge >= 0.3 is 0 Å². The number of anilines is 1. The number of hydrogen-bond acceptors (Lipinski definition) is 5. The third kappa shape index (κ3) is 3.30. The first-order valence-electron chi connectivity index (χ1n) is 9.45. The molecule has 0 aliphatic carbocycles. The zero-order valence-electron chi connectivity index (χ0n) is 15.9. The van der Waals surface area contributed by atoms with Gasteiger partial charge in [-0.3, -0.25) is 4.79 Å². The summed E-state index contributed by atoms with van der Waals surface area (Å²) in [5.41, 5.74) is 2.89. The molecule has 4 rings (SSSR count). The normalized spacial score (nSPS) is 16.7. The van der Waals surface area contributed by atoms with Crippen molar-refractivity contribution < 1.29 is 8.42 Å². The van der Waals surface area contributed by atoms with E-state index in [1.807, 2.05) is 24.3 Å². The monoisotopic (exact) mass is 397 g/mol. The molecule has 28 heavy (non-hydrogen) atoms. The summed E-state index contributed by atoms with van der Waals surface area (Å²) in [4.78, 5) is 19.6. The molecule has 7 heteroatoms. The van der Waals surface area contributed by atoms with E-state index < -0.39 is 9.84 Å². The summed E-state index contributed by atoms with van der Waals surface area (Å²) in [5.74, 6) is 0.378. The van der Waals surface area contributed by atoms with Crippen molar-refractivity contribution in [2.75, 3.05) is 11.1 Å². The number of sulfone groups is 1. The maximum absolute atomic E-state index is 12.5. The number of hydrogen-bond donors (Lipinski definition) is 2. The Labute approximate surface area is 163 Å². The first-order valence-corrected chi connectivity index (χ1v) is 11.1. The van der Waals surface area contributed by atoms with Gasteiger partial charge < -0.3 is 10.3 Å². The van der Waals surface area contributed by atoms with Crippen LogP contribution in [0.4, 0.5) is 5.69 Å². The van der Waals surface area contributed by atoms with Crippen LogP contribution in [0, 0.1) is 5.92 Å². The lowest BCUT2D eigenvalue weighted by Gasteiger charge is -2.26. The first-order chi connectivity index (χ1) is 13.4. The highest BCUT2D eigenvalue weighted by molar-refractivity contribution is 7.91. The van der Waals surface area contributed by atoms with E-state index in [2.05, 4.69) is 29.1 Å². The topological polar surface area (TPSA) is 91.9 Å². The maximum atomic E-state index is 12.5. The molecule has 0 unspecified atom stereocenters. The summed E-state index contributed by atoms with van der Waals surface area (Å²) >= 11 is 0. The van der Waals surface area contributed by atoms with Gasteiger partial charge in [-0.05, 0) is 48.1 Å². The number of benzene rings is 2. The SMILES string of the molecule is CC(C)[C@H](Nc1cccc2nc[nH]c(=O)c12)c1ccc2c(c1)S(=O)(=O)CCC2. The van der Waals surface area contributed by atoms with Gasteiger partial charge in [0.15, 0.2) is 9.84 Å². The van der Waals surface area contributed by atoms with Crippen molar-refractivity contribution in [2.24, 2.45) is 5.92 Å². The van der Waals surface area contributed by atoms with Crippen LogP contribution in [0.25, 0.3) is 10.9 Å². The highest BCUT2D eigenvalue weighted by atomic mass is 32.2. The Balaban J connectivity index is 1.79. The molecule has 1 aromatic heterocycles. The highest BCUT2D eigenvalue weighted by Crippen LogP contribution is 2.33. The predicted octanol–water partition coefficient (Wildman–Crippen LogP) is 3.45. The summed E-state index contributed by atoms with van der Waals surface area (Å²) in [6.45, 7) is 4.14. The second kappa shape index (κ2) is 7.05. The van der Waals surface area contributed by atoms with Gasteiger partial charge in [0.25, 0.3) is 5.56 Å². The minimum absolute atomic E-state index is 0.146. The third-order valence-electron chi connectivity index (χ3n) is 5.29. The Bertz CT molecular complexity index is 1190. The Morgan fingerprint density at radius 1 is 1.18 bits per heavy atom. The van der Waals surface area contributed by atoms with Gasteiger partial charge in [0.1, 0.15) is 0 Å². The van der Waals surface area contributed by atoms with Crippen molar-refractivity contribution in [3.8, 4) is 0 Å². The molecule has 2 aromatic carbocycles. The van der Waals surface area contributed by atoms with Crippen LogP contribution < -0.4 is 10.9 Å². The number of nitrogens with one attached hydrogen (secondary N) is 2. The van der Waals surface area contributed by atoms with Crippen LogP contribution in [0.15, 0.2) is 52.4 Å². The zero-order chi connectivity index (χ0) is 19.9. The maximum Gasteiger partial charge on any atom is 0.260 e. The predicted molar refractivity (Wildman–Crippen MR) is 110 cm³/mol. The standard InChI is InChI=1S/C21H23N3O3S/c1-13(2)20(15-9-8-14-5-4-10-28(26,27)18(14)11-15)24-17-7-3-6-16-19(17)21(25)23-12-22-16/h3,6-9,11-13,20,24H,4-5,10H2,1-2H3,(H,22,23,25)/t20-/m0/s1. The van der Waals surface area contributed by atoms with Crippen LogP contribution in [-0.2, 0) is 16.3 Å². The lowest BCUT2D eigenvalue weighted by atomic mass is 9.94. The number of H-pyrrole nitrogens is 1. The summed E-state index contributed by atoms with van der Waals surface area (Å²) < 4.78 is 25.0. The zero-order valence-corrected chi connectivity index (χ0v) is 16.7. The van der Waals surface area contributed by atoms with Gasteiger partial charge in [-0.15, -0.1) is 0 Å². The largest absolute Gasteiger partial charge is 0.377 e. The van der Waals surface area contributed by atoms with Crippen LogP contribution in [0.1, 0.15) is 37.4 Å². The number of aromatic nitrogens is 2. The molecule has 2 heterocycles. The quantitative estimate of drug-likeness (QED) is 0.703. The van der Waals surface area contributed by atoms with Crippen LogP contribution in [-0.4, -0.2) is 24.1 Å². The molecule has 0 saturated carbocycles. The van der Waals surface area contributed by atoms with Crippen molar-refractivity contribution in [1.82, 2.24) is 9.97 Å². The lowest BCUT2D eigenvalue weighted by Crippen LogP contribution is -2.21. The van der Waals surface area contributed by atoms with E-state index in [1.165, 1.54) is 6.33 Å². The molecule has 1 atom stereocenters. The Kier molecular flexibility index (Phi) is 4.71. The minimum atomic E-state index is -3.23. The molecule has 0 bridgehead atoms. The van der Waals surface area contributed by atoms with Gasteiger partial charge in [0, 0.05) is 5.69 Å². The van der Waals surface area contributed by atoms with E-state index in [1.54, 1.807) is 12.1 Å². The second-order valence-corrected chi connectivity index (χ2v) is 9.66. The molecule has 3 aromatic rings. The highest BCUT2D eigenvalue weighted by Gasteiger charge is 2.26. The van der Waals surface area contributed by atoms with E-state index >= 15 is 0 Å². The molecule has 1 aliphatic heterocycles. The molecule has 0 saturated heterocycles. The van der Waals surface area contributed by atoms with Crippen molar-refractivity contribution >= 4 is 26.4 Å². The van der Waals surface area contributed by atoms with E-state index in [4.69, 9.17) is 0 Å². The van der Waals surface area contributed by atoms with E-state index in [0.29, 0.717) is 27.9 Å². The molecule has 0 radical (unpaired) electrons. The summed E-state index contributed by atoms with van der Waals surface area (Å²) in [6, 6.07) is 11.1. The van der Waals surface area contributed by atoms with Crippen LogP contribution in [0.2, 0.25) is 0 Å². The number of rotatable bonds is 4. The van der Waals surface area contributed by atoms with Gasteiger partial charge in [0.2, 0.25) is 0 Å². The average molecular weight is 398 g/mol. The summed E-state index contributed by atoms with van der Waals surface area (Å²) in [7, 11) is -3.23. The first kappa shape index (κ1) is 18.7. The van der Waals surface area contributed by atoms with E-state index in [0.717, 1.165) is 17.5 Å². The molecule has 2 N–H and O–H groups in total. The van der Waals surface area contributed by atoms with Gasteiger partial charge in [-0.2, -0.15) is 0 Å². The fraction of sp³-hybridized carbons (Fsp3) is 0.333. The van der Waals surface area contributed by atoms with Gasteiger partial charge in [-0.1, -0.05) is 32.0 Å². The molecular weight excluding hydrogens is 374 g/mol.